The third-order valence-corrected chi connectivity index (χ3v) is 2.54. The molecule has 0 radical (unpaired) electrons. The summed E-state index contributed by atoms with van der Waals surface area (Å²) in [6.45, 7) is 0.507. The molecule has 0 aromatic heterocycles. The molecule has 68 valence electrons. The average Bonchev–Trinajstić information content (AvgIpc) is 2.25. The molecule has 0 N–H and O–H groups in total. The van der Waals surface area contributed by atoms with Gasteiger partial charge in [-0.3, -0.25) is 4.79 Å². The summed E-state index contributed by atoms with van der Waals surface area (Å²) in [5.74, 6) is 1.09. The highest BCUT2D eigenvalue weighted by molar-refractivity contribution is 9.10. The second-order valence-corrected chi connectivity index (χ2v) is 3.98. The molecule has 0 spiro atoms. The molecule has 0 atom stereocenters. The van der Waals surface area contributed by atoms with Gasteiger partial charge in [0.25, 0.3) is 0 Å². The predicted molar refractivity (Wildman–Crippen MR) is 53.0 cm³/mol. The molecule has 0 amide bonds. The molecule has 0 aliphatic carbocycles. The van der Waals surface area contributed by atoms with Gasteiger partial charge in [0.15, 0.2) is 0 Å². The molecule has 1 heterocycles. The Balaban J connectivity index is 2.40. The smallest absolute Gasteiger partial charge is 0.140 e. The van der Waals surface area contributed by atoms with Crippen molar-refractivity contribution in [3.8, 4) is 5.75 Å². The molecule has 13 heavy (non-hydrogen) atoms. The maximum atomic E-state index is 11.3. The fourth-order valence-corrected chi connectivity index (χ4v) is 1.81. The topological polar surface area (TPSA) is 26.3 Å². The van der Waals surface area contributed by atoms with Crippen molar-refractivity contribution in [1.29, 1.82) is 0 Å². The van der Waals surface area contributed by atoms with Gasteiger partial charge in [-0.05, 0) is 18.2 Å². The van der Waals surface area contributed by atoms with E-state index in [4.69, 9.17) is 4.74 Å². The minimum absolute atomic E-state index is 0.247. The Morgan fingerprint density at radius 3 is 3.08 bits per heavy atom. The average molecular weight is 241 g/mol. The maximum Gasteiger partial charge on any atom is 0.140 e. The largest absolute Gasteiger partial charge is 0.493 e. The SMILES string of the molecule is O=C1CCOc2ccc(Br)cc2C1. The van der Waals surface area contributed by atoms with E-state index in [1.54, 1.807) is 0 Å². The number of hydrogen-bond donors (Lipinski definition) is 0. The highest BCUT2D eigenvalue weighted by atomic mass is 79.9. The number of Topliss-reactive ketones (excluding diaryl/α,β-unsaturated/α-hetero) is 1. The van der Waals surface area contributed by atoms with Crippen LogP contribution in [0.4, 0.5) is 0 Å². The van der Waals surface area contributed by atoms with E-state index in [2.05, 4.69) is 15.9 Å². The van der Waals surface area contributed by atoms with Crippen molar-refractivity contribution in [2.45, 2.75) is 12.8 Å². The van der Waals surface area contributed by atoms with E-state index >= 15 is 0 Å². The van der Waals surface area contributed by atoms with Crippen molar-refractivity contribution in [1.82, 2.24) is 0 Å². The summed E-state index contributed by atoms with van der Waals surface area (Å²) < 4.78 is 6.42. The second kappa shape index (κ2) is 3.50. The van der Waals surface area contributed by atoms with Crippen LogP contribution in [0, 0.1) is 0 Å². The highest BCUT2D eigenvalue weighted by Crippen LogP contribution is 2.26. The van der Waals surface area contributed by atoms with E-state index in [0.29, 0.717) is 19.4 Å². The lowest BCUT2D eigenvalue weighted by Gasteiger charge is -2.05. The van der Waals surface area contributed by atoms with E-state index in [0.717, 1.165) is 15.8 Å². The summed E-state index contributed by atoms with van der Waals surface area (Å²) in [5.41, 5.74) is 0.983. The summed E-state index contributed by atoms with van der Waals surface area (Å²) in [6, 6.07) is 5.77. The van der Waals surface area contributed by atoms with Crippen LogP contribution in [0.5, 0.6) is 5.75 Å². The molecule has 1 aromatic rings. The maximum absolute atomic E-state index is 11.3. The van der Waals surface area contributed by atoms with Crippen molar-refractivity contribution >= 4 is 21.7 Å². The van der Waals surface area contributed by atoms with Crippen LogP contribution < -0.4 is 4.74 Å². The lowest BCUT2D eigenvalue weighted by molar-refractivity contribution is -0.118. The number of halogens is 1. The fraction of sp³-hybridized carbons (Fsp3) is 0.300. The van der Waals surface area contributed by atoms with Crippen molar-refractivity contribution in [3.63, 3.8) is 0 Å². The quantitative estimate of drug-likeness (QED) is 0.696. The van der Waals surface area contributed by atoms with Crippen molar-refractivity contribution in [2.24, 2.45) is 0 Å². The number of ether oxygens (including phenoxy) is 1. The van der Waals surface area contributed by atoms with Crippen molar-refractivity contribution in [3.05, 3.63) is 28.2 Å². The third-order valence-electron chi connectivity index (χ3n) is 2.05. The van der Waals surface area contributed by atoms with Crippen LogP contribution >= 0.6 is 15.9 Å². The van der Waals surface area contributed by atoms with Crippen LogP contribution in [-0.2, 0) is 11.2 Å². The predicted octanol–water partition coefficient (Wildman–Crippen LogP) is 2.34. The van der Waals surface area contributed by atoms with E-state index in [9.17, 15) is 4.79 Å². The van der Waals surface area contributed by atoms with Crippen LogP contribution in [0.1, 0.15) is 12.0 Å². The van der Waals surface area contributed by atoms with Crippen LogP contribution in [0.2, 0.25) is 0 Å². The van der Waals surface area contributed by atoms with Gasteiger partial charge in [0.2, 0.25) is 0 Å². The Morgan fingerprint density at radius 1 is 1.38 bits per heavy atom. The van der Waals surface area contributed by atoms with Crippen molar-refractivity contribution < 1.29 is 9.53 Å². The number of ketones is 1. The molecule has 1 aliphatic rings. The summed E-state index contributed by atoms with van der Waals surface area (Å²) in [6.07, 6.45) is 1.01. The highest BCUT2D eigenvalue weighted by Gasteiger charge is 2.14. The van der Waals surface area contributed by atoms with Crippen LogP contribution in [0.15, 0.2) is 22.7 Å². The van der Waals surface area contributed by atoms with Crippen LogP contribution in [0.25, 0.3) is 0 Å². The fourth-order valence-electron chi connectivity index (χ4n) is 1.40. The lowest BCUT2D eigenvalue weighted by atomic mass is 10.1. The third kappa shape index (κ3) is 1.91. The van der Waals surface area contributed by atoms with Crippen molar-refractivity contribution in [2.75, 3.05) is 6.61 Å². The Labute approximate surface area is 85.0 Å². The zero-order chi connectivity index (χ0) is 9.26. The molecular weight excluding hydrogens is 232 g/mol. The second-order valence-electron chi connectivity index (χ2n) is 3.07. The number of hydrogen-bond acceptors (Lipinski definition) is 2. The molecule has 0 fully saturated rings. The lowest BCUT2D eigenvalue weighted by Crippen LogP contribution is -2.02. The Bertz CT molecular complexity index is 347. The summed E-state index contributed by atoms with van der Waals surface area (Å²) >= 11 is 3.37. The Kier molecular flexibility index (Phi) is 2.36. The van der Waals surface area contributed by atoms with Crippen LogP contribution in [-0.4, -0.2) is 12.4 Å². The molecule has 3 heteroatoms. The van der Waals surface area contributed by atoms with Crippen LogP contribution in [0.3, 0.4) is 0 Å². The molecule has 1 aromatic carbocycles. The molecule has 0 unspecified atom stereocenters. The van der Waals surface area contributed by atoms with E-state index in [-0.39, 0.29) is 5.78 Å². The van der Waals surface area contributed by atoms with Gasteiger partial charge >= 0.3 is 0 Å². The number of benzene rings is 1. The van der Waals surface area contributed by atoms with Gasteiger partial charge in [-0.15, -0.1) is 0 Å². The summed E-state index contributed by atoms with van der Waals surface area (Å²) in [7, 11) is 0. The standard InChI is InChI=1S/C10H9BrO2/c11-8-1-2-10-7(5-8)6-9(12)3-4-13-10/h1-2,5H,3-4,6H2. The summed E-state index contributed by atoms with van der Waals surface area (Å²) in [5, 5.41) is 0. The van der Waals surface area contributed by atoms with Gasteiger partial charge in [-0.1, -0.05) is 15.9 Å². The van der Waals surface area contributed by atoms with Gasteiger partial charge in [0.1, 0.15) is 11.5 Å². The monoisotopic (exact) mass is 240 g/mol. The first-order valence-electron chi connectivity index (χ1n) is 4.18. The zero-order valence-electron chi connectivity index (χ0n) is 7.05. The molecule has 2 nitrogen and oxygen atoms in total. The van der Waals surface area contributed by atoms with E-state index < -0.39 is 0 Å². The molecule has 0 bridgehead atoms. The molecule has 1 aliphatic heterocycles. The number of fused-ring (bicyclic) bond motifs is 1. The molecular formula is C10H9BrO2. The number of carbonyl (C=O) groups is 1. The van der Waals surface area contributed by atoms with E-state index in [1.807, 2.05) is 18.2 Å². The molecule has 0 saturated carbocycles. The first-order valence-corrected chi connectivity index (χ1v) is 4.98. The van der Waals surface area contributed by atoms with E-state index in [1.165, 1.54) is 0 Å². The van der Waals surface area contributed by atoms with Gasteiger partial charge in [-0.2, -0.15) is 0 Å². The Morgan fingerprint density at radius 2 is 2.23 bits per heavy atom. The normalized spacial score (nSPS) is 15.9. The first kappa shape index (κ1) is 8.75. The molecule has 0 saturated heterocycles. The van der Waals surface area contributed by atoms with Gasteiger partial charge in [-0.25, -0.2) is 0 Å². The van der Waals surface area contributed by atoms with Gasteiger partial charge in [0, 0.05) is 22.9 Å². The summed E-state index contributed by atoms with van der Waals surface area (Å²) in [4.78, 5) is 11.3. The van der Waals surface area contributed by atoms with Gasteiger partial charge in [0.05, 0.1) is 6.61 Å². The van der Waals surface area contributed by atoms with Gasteiger partial charge < -0.3 is 4.74 Å². The molecule has 2 rings (SSSR count). The minimum atomic E-state index is 0.247. The Hall–Kier alpha value is -0.830. The first-order chi connectivity index (χ1) is 6.25. The number of rotatable bonds is 0. The zero-order valence-corrected chi connectivity index (χ0v) is 8.63. The number of carbonyl (C=O) groups excluding carboxylic acids is 1. The minimum Gasteiger partial charge on any atom is -0.493 e.